The fourth-order valence-electron chi connectivity index (χ4n) is 4.01. The van der Waals surface area contributed by atoms with E-state index in [9.17, 15) is 4.79 Å². The smallest absolute Gasteiger partial charge is 0.245 e. The average Bonchev–Trinajstić information content (AvgIpc) is 3.33. The number of benzene rings is 1. The molecule has 3 heterocycles. The van der Waals surface area contributed by atoms with Gasteiger partial charge in [0.05, 0.1) is 0 Å². The molecule has 2 fully saturated rings. The van der Waals surface area contributed by atoms with E-state index in [0.717, 1.165) is 68.6 Å². The van der Waals surface area contributed by atoms with Crippen LogP contribution in [0.1, 0.15) is 49.6 Å². The van der Waals surface area contributed by atoms with E-state index in [1.807, 2.05) is 0 Å². The summed E-state index contributed by atoms with van der Waals surface area (Å²) >= 11 is 1.43. The van der Waals surface area contributed by atoms with Crippen LogP contribution >= 0.6 is 11.5 Å². The number of likely N-dealkylation sites (tertiary alicyclic amines) is 1. The molecule has 2 aromatic rings. The van der Waals surface area contributed by atoms with Gasteiger partial charge in [0.25, 0.3) is 0 Å². The van der Waals surface area contributed by atoms with Gasteiger partial charge in [-0.1, -0.05) is 36.8 Å². The Balaban J connectivity index is 1.43. The number of carbonyl (C=O) groups excluding carboxylic acids is 1. The normalized spacial score (nSPS) is 21.0. The minimum absolute atomic E-state index is 0.0569. The highest BCUT2D eigenvalue weighted by Crippen LogP contribution is 2.29. The van der Waals surface area contributed by atoms with E-state index in [1.54, 1.807) is 0 Å². The van der Waals surface area contributed by atoms with E-state index in [0.29, 0.717) is 0 Å². The first-order valence-electron chi connectivity index (χ1n) is 10.0. The van der Waals surface area contributed by atoms with Crippen molar-refractivity contribution in [3.8, 4) is 0 Å². The Hall–Kier alpha value is -1.95. The van der Waals surface area contributed by atoms with E-state index in [1.165, 1.54) is 22.7 Å². The molecule has 2 aliphatic heterocycles. The summed E-state index contributed by atoms with van der Waals surface area (Å²) in [5.41, 5.74) is 2.48. The highest BCUT2D eigenvalue weighted by molar-refractivity contribution is 7.09. The standard InChI is InChI=1S/C21H28N4OS/c1-15-5-7-17(8-6-15)14-19-22-21(27-23-19)25-11-3-4-18(25)20(26)24-12-9-16(2)10-13-24/h5-8,16,18H,3-4,9-14H2,1-2H3. The van der Waals surface area contributed by atoms with Crippen LogP contribution in [0.2, 0.25) is 0 Å². The first kappa shape index (κ1) is 18.4. The molecule has 6 heteroatoms. The summed E-state index contributed by atoms with van der Waals surface area (Å²) in [6, 6.07) is 8.46. The Morgan fingerprint density at radius 1 is 1.15 bits per heavy atom. The zero-order valence-electron chi connectivity index (χ0n) is 16.2. The Labute approximate surface area is 165 Å². The quantitative estimate of drug-likeness (QED) is 0.807. The molecule has 1 aromatic heterocycles. The first-order valence-corrected chi connectivity index (χ1v) is 10.8. The third-order valence-corrected chi connectivity index (χ3v) is 6.61. The predicted octanol–water partition coefficient (Wildman–Crippen LogP) is 3.66. The number of anilines is 1. The minimum Gasteiger partial charge on any atom is -0.341 e. The predicted molar refractivity (Wildman–Crippen MR) is 109 cm³/mol. The summed E-state index contributed by atoms with van der Waals surface area (Å²) in [6.45, 7) is 7.08. The number of piperidine rings is 1. The molecule has 0 saturated carbocycles. The largest absolute Gasteiger partial charge is 0.341 e. The topological polar surface area (TPSA) is 49.3 Å². The van der Waals surface area contributed by atoms with Crippen LogP contribution in [-0.2, 0) is 11.2 Å². The van der Waals surface area contributed by atoms with Crippen LogP contribution in [-0.4, -0.2) is 45.8 Å². The molecule has 1 atom stereocenters. The number of amides is 1. The lowest BCUT2D eigenvalue weighted by molar-refractivity contribution is -0.133. The summed E-state index contributed by atoms with van der Waals surface area (Å²) in [5.74, 6) is 1.87. The van der Waals surface area contributed by atoms with Crippen LogP contribution in [0.15, 0.2) is 24.3 Å². The van der Waals surface area contributed by atoms with Crippen LogP contribution < -0.4 is 4.90 Å². The van der Waals surface area contributed by atoms with Crippen molar-refractivity contribution in [1.82, 2.24) is 14.3 Å². The highest BCUT2D eigenvalue weighted by atomic mass is 32.1. The van der Waals surface area contributed by atoms with Crippen molar-refractivity contribution < 1.29 is 4.79 Å². The van der Waals surface area contributed by atoms with Gasteiger partial charge in [-0.05, 0) is 44.1 Å². The average molecular weight is 385 g/mol. The summed E-state index contributed by atoms with van der Waals surface area (Å²) in [7, 11) is 0. The van der Waals surface area contributed by atoms with E-state index in [-0.39, 0.29) is 11.9 Å². The van der Waals surface area contributed by atoms with Crippen molar-refractivity contribution in [1.29, 1.82) is 0 Å². The van der Waals surface area contributed by atoms with E-state index >= 15 is 0 Å². The fourth-order valence-corrected chi connectivity index (χ4v) is 4.78. The Bertz CT molecular complexity index is 780. The number of hydrogen-bond acceptors (Lipinski definition) is 5. The molecule has 1 amide bonds. The molecule has 0 aliphatic carbocycles. The van der Waals surface area contributed by atoms with Crippen molar-refractivity contribution in [3.05, 3.63) is 41.2 Å². The van der Waals surface area contributed by atoms with Gasteiger partial charge in [-0.2, -0.15) is 4.37 Å². The molecule has 144 valence electrons. The second kappa shape index (κ2) is 7.97. The summed E-state index contributed by atoms with van der Waals surface area (Å²) < 4.78 is 4.56. The number of nitrogens with zero attached hydrogens (tertiary/aromatic N) is 4. The Kier molecular flexibility index (Phi) is 5.43. The molecule has 0 bridgehead atoms. The lowest BCUT2D eigenvalue weighted by Gasteiger charge is -2.34. The van der Waals surface area contributed by atoms with Gasteiger partial charge in [-0.15, -0.1) is 0 Å². The zero-order chi connectivity index (χ0) is 18.8. The lowest BCUT2D eigenvalue weighted by atomic mass is 9.98. The molecule has 0 spiro atoms. The van der Waals surface area contributed by atoms with Gasteiger partial charge < -0.3 is 9.80 Å². The molecule has 4 rings (SSSR count). The maximum Gasteiger partial charge on any atom is 0.245 e. The second-order valence-corrected chi connectivity index (χ2v) is 8.75. The highest BCUT2D eigenvalue weighted by Gasteiger charge is 2.36. The molecule has 2 aliphatic rings. The molecule has 1 aromatic carbocycles. The van der Waals surface area contributed by atoms with Crippen LogP contribution in [0, 0.1) is 12.8 Å². The molecule has 27 heavy (non-hydrogen) atoms. The number of rotatable bonds is 4. The molecular formula is C21H28N4OS. The number of carbonyl (C=O) groups is 1. The third-order valence-electron chi connectivity index (χ3n) is 5.82. The second-order valence-electron chi connectivity index (χ2n) is 8.01. The van der Waals surface area contributed by atoms with E-state index in [2.05, 4.69) is 52.3 Å². The van der Waals surface area contributed by atoms with Crippen LogP contribution in [0.3, 0.4) is 0 Å². The van der Waals surface area contributed by atoms with Gasteiger partial charge in [0.1, 0.15) is 11.9 Å². The zero-order valence-corrected chi connectivity index (χ0v) is 17.0. The van der Waals surface area contributed by atoms with Crippen molar-refractivity contribution in [3.63, 3.8) is 0 Å². The summed E-state index contributed by atoms with van der Waals surface area (Å²) in [4.78, 5) is 22.1. The van der Waals surface area contributed by atoms with Gasteiger partial charge in [0, 0.05) is 37.6 Å². The first-order chi connectivity index (χ1) is 13.1. The van der Waals surface area contributed by atoms with Gasteiger partial charge in [0.2, 0.25) is 11.0 Å². The molecule has 0 radical (unpaired) electrons. The van der Waals surface area contributed by atoms with Gasteiger partial charge in [0.15, 0.2) is 0 Å². The molecule has 5 nitrogen and oxygen atoms in total. The third kappa shape index (κ3) is 4.15. The van der Waals surface area contributed by atoms with Crippen molar-refractivity contribution in [2.24, 2.45) is 5.92 Å². The maximum atomic E-state index is 13.1. The summed E-state index contributed by atoms with van der Waals surface area (Å²) in [6.07, 6.45) is 4.97. The van der Waals surface area contributed by atoms with Gasteiger partial charge >= 0.3 is 0 Å². The van der Waals surface area contributed by atoms with Crippen LogP contribution in [0.5, 0.6) is 0 Å². The molecular weight excluding hydrogens is 356 g/mol. The minimum atomic E-state index is -0.0569. The van der Waals surface area contributed by atoms with Gasteiger partial charge in [-0.25, -0.2) is 4.98 Å². The van der Waals surface area contributed by atoms with Crippen LogP contribution in [0.25, 0.3) is 0 Å². The van der Waals surface area contributed by atoms with Crippen molar-refractivity contribution in [2.45, 2.75) is 52.0 Å². The Morgan fingerprint density at radius 3 is 2.63 bits per heavy atom. The lowest BCUT2D eigenvalue weighted by Crippen LogP contribution is -2.48. The molecule has 0 N–H and O–H groups in total. The number of hydrogen-bond donors (Lipinski definition) is 0. The van der Waals surface area contributed by atoms with Crippen LogP contribution in [0.4, 0.5) is 5.13 Å². The number of aryl methyl sites for hydroxylation is 1. The summed E-state index contributed by atoms with van der Waals surface area (Å²) in [5, 5.41) is 0.901. The van der Waals surface area contributed by atoms with Gasteiger partial charge in [-0.3, -0.25) is 4.79 Å². The van der Waals surface area contributed by atoms with Crippen molar-refractivity contribution >= 4 is 22.6 Å². The Morgan fingerprint density at radius 2 is 1.89 bits per heavy atom. The maximum absolute atomic E-state index is 13.1. The van der Waals surface area contributed by atoms with Crippen molar-refractivity contribution in [2.75, 3.05) is 24.5 Å². The molecule has 2 saturated heterocycles. The monoisotopic (exact) mass is 384 g/mol. The SMILES string of the molecule is Cc1ccc(Cc2nsc(N3CCCC3C(=O)N3CCC(C)CC3)n2)cc1. The number of aromatic nitrogens is 2. The van der Waals surface area contributed by atoms with E-state index < -0.39 is 0 Å². The molecule has 1 unspecified atom stereocenters. The van der Waals surface area contributed by atoms with E-state index in [4.69, 9.17) is 4.98 Å². The fraction of sp³-hybridized carbons (Fsp3) is 0.571.